The molecule has 0 bridgehead atoms. The van der Waals surface area contributed by atoms with E-state index < -0.39 is 0 Å². The maximum atomic E-state index is 5.85. The van der Waals surface area contributed by atoms with Crippen LogP contribution in [0.2, 0.25) is 0 Å². The molecular formula is C14H22IN3S. The van der Waals surface area contributed by atoms with Gasteiger partial charge in [-0.2, -0.15) is 11.8 Å². The zero-order valence-electron chi connectivity index (χ0n) is 11.0. The molecule has 0 aromatic heterocycles. The lowest BCUT2D eigenvalue weighted by Crippen LogP contribution is -2.33. The highest BCUT2D eigenvalue weighted by atomic mass is 127. The predicted octanol–water partition coefficient (Wildman–Crippen LogP) is 2.65. The Hall–Kier alpha value is -0.430. The number of nitrogens with zero attached hydrogens (tertiary/aromatic N) is 1. The number of guanidine groups is 1. The molecule has 1 aromatic rings. The van der Waals surface area contributed by atoms with E-state index in [2.05, 4.69) is 34.6 Å². The van der Waals surface area contributed by atoms with E-state index in [1.54, 1.807) is 0 Å². The first kappa shape index (κ1) is 16.6. The van der Waals surface area contributed by atoms with Crippen molar-refractivity contribution in [2.75, 3.05) is 18.8 Å². The van der Waals surface area contributed by atoms with E-state index >= 15 is 0 Å². The first-order valence-electron chi connectivity index (χ1n) is 6.54. The zero-order valence-corrected chi connectivity index (χ0v) is 14.2. The number of halogens is 1. The average molecular weight is 391 g/mol. The van der Waals surface area contributed by atoms with Crippen molar-refractivity contribution < 1.29 is 0 Å². The Kier molecular flexibility index (Phi) is 8.29. The first-order chi connectivity index (χ1) is 8.84. The molecule has 1 aliphatic heterocycles. The molecule has 0 amide bonds. The van der Waals surface area contributed by atoms with E-state index in [4.69, 9.17) is 5.73 Å². The molecule has 1 saturated heterocycles. The van der Waals surface area contributed by atoms with Gasteiger partial charge in [0.15, 0.2) is 5.96 Å². The minimum atomic E-state index is 0. The van der Waals surface area contributed by atoms with Crippen LogP contribution in [0.1, 0.15) is 18.4 Å². The van der Waals surface area contributed by atoms with Crippen molar-refractivity contribution in [2.45, 2.75) is 24.5 Å². The Morgan fingerprint density at radius 1 is 1.37 bits per heavy atom. The van der Waals surface area contributed by atoms with Gasteiger partial charge < -0.3 is 11.1 Å². The molecule has 1 unspecified atom stereocenters. The highest BCUT2D eigenvalue weighted by Gasteiger charge is 2.14. The van der Waals surface area contributed by atoms with Gasteiger partial charge in [0.2, 0.25) is 0 Å². The highest BCUT2D eigenvalue weighted by Crippen LogP contribution is 2.25. The number of nitrogens with one attached hydrogen (secondary N) is 1. The van der Waals surface area contributed by atoms with Crippen LogP contribution in [0.5, 0.6) is 0 Å². The van der Waals surface area contributed by atoms with E-state index in [0.29, 0.717) is 11.2 Å². The molecule has 3 nitrogen and oxygen atoms in total. The number of hydrogen-bond acceptors (Lipinski definition) is 2. The predicted molar refractivity (Wildman–Crippen MR) is 95.5 cm³/mol. The Labute approximate surface area is 136 Å². The second kappa shape index (κ2) is 9.47. The van der Waals surface area contributed by atoms with Gasteiger partial charge >= 0.3 is 0 Å². The second-order valence-electron chi connectivity index (χ2n) is 4.52. The summed E-state index contributed by atoms with van der Waals surface area (Å²) in [4.78, 5) is 4.40. The van der Waals surface area contributed by atoms with Crippen molar-refractivity contribution in [3.05, 3.63) is 35.9 Å². The van der Waals surface area contributed by atoms with Crippen molar-refractivity contribution in [3.63, 3.8) is 0 Å². The molecule has 19 heavy (non-hydrogen) atoms. The third kappa shape index (κ3) is 6.51. The van der Waals surface area contributed by atoms with Gasteiger partial charge in [-0.05, 0) is 30.6 Å². The van der Waals surface area contributed by atoms with Gasteiger partial charge in [-0.15, -0.1) is 24.0 Å². The molecule has 1 fully saturated rings. The summed E-state index contributed by atoms with van der Waals surface area (Å²) >= 11 is 2.01. The van der Waals surface area contributed by atoms with E-state index in [-0.39, 0.29) is 24.0 Å². The summed E-state index contributed by atoms with van der Waals surface area (Å²) in [6.45, 7) is 1.70. The van der Waals surface area contributed by atoms with Crippen molar-refractivity contribution in [1.82, 2.24) is 5.32 Å². The lowest BCUT2D eigenvalue weighted by Gasteiger charge is -2.08. The average Bonchev–Trinajstić information content (AvgIpc) is 2.91. The quantitative estimate of drug-likeness (QED) is 0.461. The molecule has 5 heteroatoms. The van der Waals surface area contributed by atoms with Crippen LogP contribution in [-0.4, -0.2) is 30.1 Å². The monoisotopic (exact) mass is 391 g/mol. The van der Waals surface area contributed by atoms with Crippen molar-refractivity contribution in [1.29, 1.82) is 0 Å². The maximum absolute atomic E-state index is 5.85. The molecule has 1 aliphatic rings. The summed E-state index contributed by atoms with van der Waals surface area (Å²) in [5.41, 5.74) is 7.17. The lowest BCUT2D eigenvalue weighted by molar-refractivity contribution is 0.777. The Morgan fingerprint density at radius 3 is 2.84 bits per heavy atom. The van der Waals surface area contributed by atoms with E-state index in [1.807, 2.05) is 17.8 Å². The fourth-order valence-electron chi connectivity index (χ4n) is 2.02. The number of nitrogens with two attached hydrogens (primary N) is 1. The summed E-state index contributed by atoms with van der Waals surface area (Å²) in [7, 11) is 0. The molecule has 1 atom stereocenters. The fourth-order valence-corrected chi connectivity index (χ4v) is 3.20. The van der Waals surface area contributed by atoms with E-state index in [0.717, 1.165) is 19.5 Å². The Bertz CT molecular complexity index is 378. The molecule has 2 rings (SSSR count). The Balaban J connectivity index is 0.00000180. The molecule has 1 aromatic carbocycles. The molecule has 0 aliphatic carbocycles. The van der Waals surface area contributed by atoms with Gasteiger partial charge in [-0.25, -0.2) is 0 Å². The molecule has 106 valence electrons. The molecule has 3 N–H and O–H groups in total. The van der Waals surface area contributed by atoms with Crippen LogP contribution >= 0.6 is 35.7 Å². The van der Waals surface area contributed by atoms with E-state index in [9.17, 15) is 0 Å². The largest absolute Gasteiger partial charge is 0.370 e. The van der Waals surface area contributed by atoms with Crippen LogP contribution in [0, 0.1) is 0 Å². The van der Waals surface area contributed by atoms with Crippen LogP contribution in [-0.2, 0) is 6.42 Å². The van der Waals surface area contributed by atoms with Crippen molar-refractivity contribution >= 4 is 41.7 Å². The van der Waals surface area contributed by atoms with Gasteiger partial charge in [-0.1, -0.05) is 30.3 Å². The van der Waals surface area contributed by atoms with Crippen LogP contribution in [0.15, 0.2) is 35.3 Å². The zero-order chi connectivity index (χ0) is 12.6. The minimum absolute atomic E-state index is 0. The van der Waals surface area contributed by atoms with Crippen molar-refractivity contribution in [2.24, 2.45) is 10.7 Å². The number of aliphatic imine (C=N–C) groups is 1. The van der Waals surface area contributed by atoms with Crippen LogP contribution in [0.4, 0.5) is 0 Å². The van der Waals surface area contributed by atoms with E-state index in [1.165, 1.54) is 24.2 Å². The Morgan fingerprint density at radius 2 is 2.16 bits per heavy atom. The fraction of sp³-hybridized carbons (Fsp3) is 0.500. The molecule has 1 heterocycles. The summed E-state index contributed by atoms with van der Waals surface area (Å²) in [6.07, 6.45) is 3.59. The summed E-state index contributed by atoms with van der Waals surface area (Å²) in [5, 5.41) is 3.85. The van der Waals surface area contributed by atoms with Crippen LogP contribution in [0.25, 0.3) is 0 Å². The van der Waals surface area contributed by atoms with Crippen molar-refractivity contribution in [3.8, 4) is 0 Å². The normalized spacial score (nSPS) is 18.9. The van der Waals surface area contributed by atoms with Gasteiger partial charge in [-0.3, -0.25) is 4.99 Å². The van der Waals surface area contributed by atoms with Gasteiger partial charge in [0.05, 0.1) is 6.54 Å². The summed E-state index contributed by atoms with van der Waals surface area (Å²) in [6, 6.07) is 10.4. The SMILES string of the molecule is I.NC(=NCC1CCCS1)NCCc1ccccc1. The summed E-state index contributed by atoms with van der Waals surface area (Å²) < 4.78 is 0. The highest BCUT2D eigenvalue weighted by molar-refractivity contribution is 14.0. The van der Waals surface area contributed by atoms with Gasteiger partial charge in [0, 0.05) is 11.8 Å². The second-order valence-corrected chi connectivity index (χ2v) is 5.93. The van der Waals surface area contributed by atoms with Gasteiger partial charge in [0.25, 0.3) is 0 Å². The number of benzene rings is 1. The summed E-state index contributed by atoms with van der Waals surface area (Å²) in [5.74, 6) is 1.86. The smallest absolute Gasteiger partial charge is 0.188 e. The first-order valence-corrected chi connectivity index (χ1v) is 7.59. The lowest BCUT2D eigenvalue weighted by atomic mass is 10.1. The number of thioether (sulfide) groups is 1. The number of rotatable bonds is 5. The van der Waals surface area contributed by atoms with Crippen LogP contribution < -0.4 is 11.1 Å². The molecule has 0 radical (unpaired) electrons. The topological polar surface area (TPSA) is 50.4 Å². The molecular weight excluding hydrogens is 369 g/mol. The molecule has 0 saturated carbocycles. The third-order valence-electron chi connectivity index (χ3n) is 3.05. The number of hydrogen-bond donors (Lipinski definition) is 2. The van der Waals surface area contributed by atoms with Gasteiger partial charge in [0.1, 0.15) is 0 Å². The minimum Gasteiger partial charge on any atom is -0.370 e. The van der Waals surface area contributed by atoms with Crippen LogP contribution in [0.3, 0.4) is 0 Å². The molecule has 0 spiro atoms. The third-order valence-corrected chi connectivity index (χ3v) is 4.43. The maximum Gasteiger partial charge on any atom is 0.188 e. The standard InChI is InChI=1S/C14H21N3S.HI/c15-14(17-11-13-7-4-10-18-13)16-9-8-12-5-2-1-3-6-12;/h1-3,5-6,13H,4,7-11H2,(H3,15,16,17);1H.